The van der Waals surface area contributed by atoms with E-state index in [1.807, 2.05) is 12.1 Å². The zero-order valence-electron chi connectivity index (χ0n) is 15.5. The van der Waals surface area contributed by atoms with Gasteiger partial charge in [-0.3, -0.25) is 9.69 Å². The Morgan fingerprint density at radius 1 is 1.22 bits per heavy atom. The number of ether oxygens (including phenoxy) is 1. The van der Waals surface area contributed by atoms with Crippen LogP contribution in [0, 0.1) is 0 Å². The second-order valence-electron chi connectivity index (χ2n) is 6.53. The molecule has 3 rings (SSSR count). The van der Waals surface area contributed by atoms with Crippen LogP contribution in [0.1, 0.15) is 12.8 Å². The molecule has 144 valence electrons. The minimum atomic E-state index is -0.166. The highest BCUT2D eigenvalue weighted by Crippen LogP contribution is 2.31. The Balaban J connectivity index is 1.63. The smallest absolute Gasteiger partial charge is 0.305 e. The number of phenolic OH excluding ortho intramolecular Hbond substituents is 1. The Labute approximate surface area is 158 Å². The van der Waals surface area contributed by atoms with Crippen LogP contribution in [-0.2, 0) is 9.53 Å². The molecule has 0 amide bonds. The van der Waals surface area contributed by atoms with Crippen LogP contribution in [0.2, 0.25) is 0 Å². The lowest BCUT2D eigenvalue weighted by Crippen LogP contribution is -2.47. The summed E-state index contributed by atoms with van der Waals surface area (Å²) in [5.41, 5.74) is 8.12. The van der Waals surface area contributed by atoms with E-state index >= 15 is 0 Å². The van der Waals surface area contributed by atoms with Crippen molar-refractivity contribution >= 4 is 17.5 Å². The van der Waals surface area contributed by atoms with Crippen LogP contribution >= 0.6 is 0 Å². The third-order valence-electron chi connectivity index (χ3n) is 4.78. The highest BCUT2D eigenvalue weighted by Gasteiger charge is 2.20. The van der Waals surface area contributed by atoms with Gasteiger partial charge >= 0.3 is 5.97 Å². The van der Waals surface area contributed by atoms with E-state index in [2.05, 4.69) is 24.7 Å². The first-order valence-corrected chi connectivity index (χ1v) is 9.04. The van der Waals surface area contributed by atoms with Gasteiger partial charge in [0.25, 0.3) is 0 Å². The lowest BCUT2D eigenvalue weighted by Gasteiger charge is -2.36. The summed E-state index contributed by atoms with van der Waals surface area (Å²) in [6.45, 7) is 4.27. The van der Waals surface area contributed by atoms with Crippen molar-refractivity contribution in [2.75, 3.05) is 50.5 Å². The molecule has 0 saturated carbocycles. The van der Waals surface area contributed by atoms with E-state index in [1.165, 1.54) is 7.11 Å². The number of hydrogen-bond donors (Lipinski definition) is 2. The van der Waals surface area contributed by atoms with Gasteiger partial charge in [-0.15, -0.1) is 10.2 Å². The van der Waals surface area contributed by atoms with Crippen molar-refractivity contribution in [3.63, 3.8) is 0 Å². The minimum absolute atomic E-state index is 0.165. The number of anilines is 2. The van der Waals surface area contributed by atoms with E-state index in [0.29, 0.717) is 23.5 Å². The largest absolute Gasteiger partial charge is 0.507 e. The molecule has 0 unspecified atom stereocenters. The third kappa shape index (κ3) is 4.65. The van der Waals surface area contributed by atoms with Crippen molar-refractivity contribution < 1.29 is 14.6 Å². The van der Waals surface area contributed by atoms with Crippen LogP contribution in [0.15, 0.2) is 30.3 Å². The summed E-state index contributed by atoms with van der Waals surface area (Å²) in [6, 6.07) is 8.92. The molecule has 3 N–H and O–H groups in total. The van der Waals surface area contributed by atoms with Gasteiger partial charge in [-0.1, -0.05) is 12.1 Å². The molecule has 8 nitrogen and oxygen atoms in total. The van der Waals surface area contributed by atoms with Crippen molar-refractivity contribution in [1.29, 1.82) is 0 Å². The van der Waals surface area contributed by atoms with Crippen molar-refractivity contribution in [3.8, 4) is 17.0 Å². The molecule has 1 fully saturated rings. The van der Waals surface area contributed by atoms with Crippen LogP contribution in [0.5, 0.6) is 5.75 Å². The molecule has 0 aliphatic carbocycles. The van der Waals surface area contributed by atoms with Gasteiger partial charge in [0.1, 0.15) is 5.75 Å². The highest BCUT2D eigenvalue weighted by atomic mass is 16.5. The van der Waals surface area contributed by atoms with Gasteiger partial charge in [0.05, 0.1) is 18.5 Å². The molecule has 0 atom stereocenters. The summed E-state index contributed by atoms with van der Waals surface area (Å²) in [6.07, 6.45) is 1.24. The summed E-state index contributed by atoms with van der Waals surface area (Å²) in [7, 11) is 1.41. The lowest BCUT2D eigenvalue weighted by atomic mass is 10.1. The summed E-state index contributed by atoms with van der Waals surface area (Å²) in [4.78, 5) is 15.7. The first kappa shape index (κ1) is 18.9. The highest BCUT2D eigenvalue weighted by molar-refractivity contribution is 5.74. The fraction of sp³-hybridized carbons (Fsp3) is 0.421. The molecule has 8 heteroatoms. The molecular formula is C19H25N5O3. The molecule has 1 aromatic heterocycles. The average molecular weight is 371 g/mol. The van der Waals surface area contributed by atoms with Gasteiger partial charge < -0.3 is 20.5 Å². The summed E-state index contributed by atoms with van der Waals surface area (Å²) >= 11 is 0. The van der Waals surface area contributed by atoms with Gasteiger partial charge in [0, 0.05) is 38.2 Å². The predicted octanol–water partition coefficient (Wildman–Crippen LogP) is 1.51. The Bertz CT molecular complexity index is 791. The summed E-state index contributed by atoms with van der Waals surface area (Å²) < 4.78 is 4.67. The molecule has 0 spiro atoms. The van der Waals surface area contributed by atoms with Crippen molar-refractivity contribution in [2.24, 2.45) is 0 Å². The average Bonchev–Trinajstić information content (AvgIpc) is 2.69. The third-order valence-corrected chi connectivity index (χ3v) is 4.78. The van der Waals surface area contributed by atoms with Crippen LogP contribution < -0.4 is 10.6 Å². The number of rotatable bonds is 6. The number of nitrogens with two attached hydrogens (primary N) is 1. The van der Waals surface area contributed by atoms with E-state index in [0.717, 1.165) is 44.8 Å². The van der Waals surface area contributed by atoms with Crippen LogP contribution in [0.25, 0.3) is 11.3 Å². The fourth-order valence-electron chi connectivity index (χ4n) is 3.23. The quantitative estimate of drug-likeness (QED) is 0.736. The molecule has 0 radical (unpaired) electrons. The maximum absolute atomic E-state index is 11.2. The van der Waals surface area contributed by atoms with Gasteiger partial charge in [-0.25, -0.2) is 0 Å². The number of nitrogens with zero attached hydrogens (tertiary/aromatic N) is 4. The number of esters is 1. The maximum atomic E-state index is 11.2. The molecule has 1 aliphatic heterocycles. The number of methoxy groups -OCH3 is 1. The van der Waals surface area contributed by atoms with E-state index in [-0.39, 0.29) is 11.7 Å². The SMILES string of the molecule is COC(=O)CCCN1CCN(c2cc(-c3ccccc3O)nnc2N)CC1. The molecule has 0 bridgehead atoms. The monoisotopic (exact) mass is 371 g/mol. The topological polar surface area (TPSA) is 105 Å². The molecule has 1 aliphatic rings. The number of para-hydroxylation sites is 1. The summed E-state index contributed by atoms with van der Waals surface area (Å²) in [5.74, 6) is 0.382. The lowest BCUT2D eigenvalue weighted by molar-refractivity contribution is -0.140. The Kier molecular flexibility index (Phi) is 6.08. The van der Waals surface area contributed by atoms with E-state index in [4.69, 9.17) is 5.73 Å². The molecule has 1 aromatic carbocycles. The van der Waals surface area contributed by atoms with E-state index < -0.39 is 0 Å². The number of nitrogen functional groups attached to an aromatic ring is 1. The first-order chi connectivity index (χ1) is 13.1. The second kappa shape index (κ2) is 8.68. The van der Waals surface area contributed by atoms with Crippen molar-refractivity contribution in [3.05, 3.63) is 30.3 Å². The van der Waals surface area contributed by atoms with Crippen LogP contribution in [0.3, 0.4) is 0 Å². The number of piperazine rings is 1. The predicted molar refractivity (Wildman–Crippen MR) is 103 cm³/mol. The molecular weight excluding hydrogens is 346 g/mol. The normalized spacial score (nSPS) is 14.9. The van der Waals surface area contributed by atoms with Gasteiger partial charge in [0.15, 0.2) is 5.82 Å². The second-order valence-corrected chi connectivity index (χ2v) is 6.53. The number of aromatic hydroxyl groups is 1. The number of carbonyl (C=O) groups is 1. The first-order valence-electron chi connectivity index (χ1n) is 9.04. The number of aromatic nitrogens is 2. The Morgan fingerprint density at radius 2 is 1.96 bits per heavy atom. The van der Waals surface area contributed by atoms with E-state index in [1.54, 1.807) is 18.2 Å². The molecule has 2 aromatic rings. The fourth-order valence-corrected chi connectivity index (χ4v) is 3.23. The van der Waals surface area contributed by atoms with Crippen LogP contribution in [0.4, 0.5) is 11.5 Å². The standard InChI is InChI=1S/C19H25N5O3/c1-27-18(26)7-4-8-23-9-11-24(12-10-23)16-13-15(21-22-19(16)20)14-5-2-3-6-17(14)25/h2-3,5-6,13,25H,4,7-12H2,1H3,(H2,20,22). The zero-order valence-corrected chi connectivity index (χ0v) is 15.5. The van der Waals surface area contributed by atoms with Crippen LogP contribution in [-0.4, -0.2) is 66.0 Å². The van der Waals surface area contributed by atoms with Gasteiger partial charge in [-0.2, -0.15) is 0 Å². The number of benzene rings is 1. The Morgan fingerprint density at radius 3 is 2.67 bits per heavy atom. The van der Waals surface area contributed by atoms with Gasteiger partial charge in [0.2, 0.25) is 0 Å². The summed E-state index contributed by atoms with van der Waals surface area (Å²) in [5, 5.41) is 18.3. The van der Waals surface area contributed by atoms with Crippen molar-refractivity contribution in [1.82, 2.24) is 15.1 Å². The number of carbonyl (C=O) groups excluding carboxylic acids is 1. The zero-order chi connectivity index (χ0) is 19.2. The number of phenols is 1. The Hall–Kier alpha value is -2.87. The molecule has 1 saturated heterocycles. The molecule has 2 heterocycles. The van der Waals surface area contributed by atoms with Crippen molar-refractivity contribution in [2.45, 2.75) is 12.8 Å². The number of hydrogen-bond acceptors (Lipinski definition) is 8. The minimum Gasteiger partial charge on any atom is -0.507 e. The van der Waals surface area contributed by atoms with Gasteiger partial charge in [-0.05, 0) is 31.2 Å². The molecule has 27 heavy (non-hydrogen) atoms. The maximum Gasteiger partial charge on any atom is 0.305 e. The van der Waals surface area contributed by atoms with E-state index in [9.17, 15) is 9.90 Å².